The van der Waals surface area contributed by atoms with Crippen molar-refractivity contribution >= 4 is 11.9 Å². The van der Waals surface area contributed by atoms with Crippen LogP contribution >= 0.6 is 0 Å². The van der Waals surface area contributed by atoms with Gasteiger partial charge in [0.15, 0.2) is 0 Å². The van der Waals surface area contributed by atoms with E-state index in [0.717, 1.165) is 0 Å². The minimum atomic E-state index is -0.422. The predicted octanol–water partition coefficient (Wildman–Crippen LogP) is -0.431. The lowest BCUT2D eigenvalue weighted by atomic mass is 10.3. The van der Waals surface area contributed by atoms with Crippen molar-refractivity contribution in [1.82, 2.24) is 5.32 Å². The van der Waals surface area contributed by atoms with Crippen molar-refractivity contribution in [3.05, 3.63) is 12.2 Å². The topological polar surface area (TPSA) is 81.4 Å². The molecule has 14 heavy (non-hydrogen) atoms. The molecule has 0 aromatic rings. The van der Waals surface area contributed by atoms with Crippen molar-refractivity contribution in [2.75, 3.05) is 13.2 Å². The minimum Gasteiger partial charge on any atom is -0.463 e. The Balaban J connectivity index is 3.63. The Morgan fingerprint density at radius 2 is 2.21 bits per heavy atom. The lowest BCUT2D eigenvalue weighted by molar-refractivity contribution is -0.137. The van der Waals surface area contributed by atoms with Crippen LogP contribution in [-0.4, -0.2) is 31.1 Å². The minimum absolute atomic E-state index is 0.355. The van der Waals surface area contributed by atoms with Crippen LogP contribution in [0, 0.1) is 0 Å². The molecule has 5 heteroatoms. The first kappa shape index (κ1) is 12.6. The standard InChI is InChI=1S/C9H16N2O3/c1-3-14-8(12)5-4-6-11-7(2)9(10)13/h4-5,7,11H,3,6H2,1-2H3,(H2,10,13)/b5-4+. The maximum atomic E-state index is 10.8. The molecule has 0 aliphatic heterocycles. The summed E-state index contributed by atoms with van der Waals surface area (Å²) in [6.07, 6.45) is 2.89. The molecule has 0 rings (SSSR count). The van der Waals surface area contributed by atoms with Crippen LogP contribution in [0.25, 0.3) is 0 Å². The number of nitrogens with two attached hydrogens (primary N) is 1. The fourth-order valence-corrected chi connectivity index (χ4v) is 0.691. The summed E-state index contributed by atoms with van der Waals surface area (Å²) in [5, 5.41) is 2.81. The van der Waals surface area contributed by atoms with Crippen LogP contribution in [0.2, 0.25) is 0 Å². The van der Waals surface area contributed by atoms with E-state index in [-0.39, 0.29) is 5.97 Å². The van der Waals surface area contributed by atoms with Crippen LogP contribution < -0.4 is 11.1 Å². The predicted molar refractivity (Wildman–Crippen MR) is 52.4 cm³/mol. The molecule has 0 bridgehead atoms. The molecular formula is C9H16N2O3. The van der Waals surface area contributed by atoms with E-state index in [1.165, 1.54) is 6.08 Å². The summed E-state index contributed by atoms with van der Waals surface area (Å²) < 4.78 is 4.65. The quantitative estimate of drug-likeness (QED) is 0.450. The molecule has 3 N–H and O–H groups in total. The highest BCUT2D eigenvalue weighted by atomic mass is 16.5. The molecule has 0 heterocycles. The molecule has 0 aliphatic carbocycles. The van der Waals surface area contributed by atoms with E-state index in [0.29, 0.717) is 13.2 Å². The summed E-state index contributed by atoms with van der Waals surface area (Å²) in [6, 6.07) is -0.401. The molecule has 0 saturated heterocycles. The Morgan fingerprint density at radius 3 is 2.71 bits per heavy atom. The van der Waals surface area contributed by atoms with Gasteiger partial charge >= 0.3 is 5.97 Å². The van der Waals surface area contributed by atoms with E-state index in [1.54, 1.807) is 19.9 Å². The van der Waals surface area contributed by atoms with Gasteiger partial charge in [0.05, 0.1) is 12.6 Å². The van der Waals surface area contributed by atoms with Crippen molar-refractivity contribution in [1.29, 1.82) is 0 Å². The normalized spacial score (nSPS) is 12.7. The fourth-order valence-electron chi connectivity index (χ4n) is 0.691. The molecule has 0 aromatic carbocycles. The molecule has 0 aliphatic rings. The number of amides is 1. The Hall–Kier alpha value is -1.36. The van der Waals surface area contributed by atoms with Gasteiger partial charge in [-0.3, -0.25) is 4.79 Å². The molecule has 1 unspecified atom stereocenters. The number of rotatable bonds is 6. The first-order chi connectivity index (χ1) is 6.57. The van der Waals surface area contributed by atoms with Crippen LogP contribution in [0.15, 0.2) is 12.2 Å². The van der Waals surface area contributed by atoms with Crippen molar-refractivity contribution in [2.24, 2.45) is 5.73 Å². The van der Waals surface area contributed by atoms with Gasteiger partial charge in [0.1, 0.15) is 0 Å². The number of carbonyl (C=O) groups excluding carboxylic acids is 2. The number of carbonyl (C=O) groups is 2. The van der Waals surface area contributed by atoms with Crippen LogP contribution in [0.4, 0.5) is 0 Å². The molecule has 1 amide bonds. The van der Waals surface area contributed by atoms with Gasteiger partial charge in [-0.15, -0.1) is 0 Å². The highest BCUT2D eigenvalue weighted by Gasteiger charge is 2.04. The monoisotopic (exact) mass is 200 g/mol. The first-order valence-corrected chi connectivity index (χ1v) is 4.44. The average molecular weight is 200 g/mol. The molecule has 0 fully saturated rings. The van der Waals surface area contributed by atoms with Crippen LogP contribution in [0.1, 0.15) is 13.8 Å². The van der Waals surface area contributed by atoms with Crippen molar-refractivity contribution in [3.8, 4) is 0 Å². The van der Waals surface area contributed by atoms with Gasteiger partial charge in [0, 0.05) is 12.6 Å². The number of hydrogen-bond acceptors (Lipinski definition) is 4. The Morgan fingerprint density at radius 1 is 1.57 bits per heavy atom. The van der Waals surface area contributed by atoms with Crippen LogP contribution in [0.5, 0.6) is 0 Å². The lowest BCUT2D eigenvalue weighted by Crippen LogP contribution is -2.38. The third kappa shape index (κ3) is 6.19. The van der Waals surface area contributed by atoms with Gasteiger partial charge in [-0.1, -0.05) is 6.08 Å². The van der Waals surface area contributed by atoms with Crippen LogP contribution in [-0.2, 0) is 14.3 Å². The van der Waals surface area contributed by atoms with E-state index < -0.39 is 11.9 Å². The summed E-state index contributed by atoms with van der Waals surface area (Å²) in [5.41, 5.74) is 5.01. The number of ether oxygens (including phenoxy) is 1. The highest BCUT2D eigenvalue weighted by Crippen LogP contribution is 1.82. The molecule has 0 radical (unpaired) electrons. The molecule has 0 saturated carbocycles. The number of primary amides is 1. The molecule has 1 atom stereocenters. The zero-order valence-corrected chi connectivity index (χ0v) is 8.45. The Labute approximate surface area is 83.3 Å². The molecule has 0 aromatic heterocycles. The second-order valence-electron chi connectivity index (χ2n) is 2.69. The van der Waals surface area contributed by atoms with Gasteiger partial charge in [-0.25, -0.2) is 4.79 Å². The number of nitrogens with one attached hydrogen (secondary N) is 1. The maximum absolute atomic E-state index is 10.8. The van der Waals surface area contributed by atoms with E-state index in [2.05, 4.69) is 10.1 Å². The van der Waals surface area contributed by atoms with Gasteiger partial charge in [0.25, 0.3) is 0 Å². The second kappa shape index (κ2) is 7.08. The maximum Gasteiger partial charge on any atom is 0.330 e. The summed E-state index contributed by atoms with van der Waals surface area (Å²) in [4.78, 5) is 21.4. The smallest absolute Gasteiger partial charge is 0.330 e. The third-order valence-electron chi connectivity index (χ3n) is 1.51. The molecule has 5 nitrogen and oxygen atoms in total. The van der Waals surface area contributed by atoms with Crippen molar-refractivity contribution in [3.63, 3.8) is 0 Å². The van der Waals surface area contributed by atoms with E-state index >= 15 is 0 Å². The Bertz CT molecular complexity index is 226. The summed E-state index contributed by atoms with van der Waals surface area (Å²) >= 11 is 0. The number of hydrogen-bond donors (Lipinski definition) is 2. The lowest BCUT2D eigenvalue weighted by Gasteiger charge is -2.06. The van der Waals surface area contributed by atoms with Gasteiger partial charge in [0.2, 0.25) is 5.91 Å². The average Bonchev–Trinajstić information content (AvgIpc) is 2.12. The van der Waals surface area contributed by atoms with Gasteiger partial charge in [-0.2, -0.15) is 0 Å². The zero-order chi connectivity index (χ0) is 11.0. The summed E-state index contributed by atoms with van der Waals surface area (Å²) in [5.74, 6) is -0.810. The SMILES string of the molecule is CCOC(=O)/C=C/CNC(C)C(N)=O. The van der Waals surface area contributed by atoms with E-state index in [1.807, 2.05) is 0 Å². The molecule has 0 spiro atoms. The zero-order valence-electron chi connectivity index (χ0n) is 8.45. The second-order valence-corrected chi connectivity index (χ2v) is 2.69. The highest BCUT2D eigenvalue weighted by molar-refractivity contribution is 5.82. The van der Waals surface area contributed by atoms with Gasteiger partial charge < -0.3 is 15.8 Å². The Kier molecular flexibility index (Phi) is 6.39. The van der Waals surface area contributed by atoms with E-state index in [4.69, 9.17) is 5.73 Å². The fraction of sp³-hybridized carbons (Fsp3) is 0.556. The van der Waals surface area contributed by atoms with Crippen LogP contribution in [0.3, 0.4) is 0 Å². The van der Waals surface area contributed by atoms with Gasteiger partial charge in [-0.05, 0) is 13.8 Å². The molecular weight excluding hydrogens is 184 g/mol. The summed E-state index contributed by atoms with van der Waals surface area (Å²) in [7, 11) is 0. The third-order valence-corrected chi connectivity index (χ3v) is 1.51. The summed E-state index contributed by atoms with van der Waals surface area (Å²) in [6.45, 7) is 4.15. The van der Waals surface area contributed by atoms with E-state index in [9.17, 15) is 9.59 Å². The van der Waals surface area contributed by atoms with Crippen molar-refractivity contribution in [2.45, 2.75) is 19.9 Å². The molecule has 80 valence electrons. The number of esters is 1. The van der Waals surface area contributed by atoms with Crippen molar-refractivity contribution < 1.29 is 14.3 Å². The largest absolute Gasteiger partial charge is 0.463 e. The first-order valence-electron chi connectivity index (χ1n) is 4.44.